The first-order valence-corrected chi connectivity index (χ1v) is 6.65. The quantitative estimate of drug-likeness (QED) is 0.234. The van der Waals surface area contributed by atoms with Crippen LogP contribution in [0.25, 0.3) is 0 Å². The summed E-state index contributed by atoms with van der Waals surface area (Å²) in [6.07, 6.45) is -3.27. The van der Waals surface area contributed by atoms with Crippen LogP contribution in [0.1, 0.15) is 35.4 Å². The van der Waals surface area contributed by atoms with Crippen LogP contribution in [-0.2, 0) is 9.53 Å². The van der Waals surface area contributed by atoms with Gasteiger partial charge in [-0.25, -0.2) is 5.84 Å². The first kappa shape index (κ1) is 17.9. The van der Waals surface area contributed by atoms with Gasteiger partial charge in [-0.05, 0) is 24.6 Å². The molecule has 0 saturated carbocycles. The van der Waals surface area contributed by atoms with Crippen molar-refractivity contribution in [3.8, 4) is 5.75 Å². The van der Waals surface area contributed by atoms with Crippen LogP contribution >= 0.6 is 0 Å². The van der Waals surface area contributed by atoms with E-state index in [4.69, 9.17) is 15.3 Å². The highest BCUT2D eigenvalue weighted by Gasteiger charge is 2.26. The molecule has 0 saturated heterocycles. The molecule has 22 heavy (non-hydrogen) atoms. The Hall–Kier alpha value is -2.16. The van der Waals surface area contributed by atoms with Gasteiger partial charge in [-0.15, -0.1) is 0 Å². The summed E-state index contributed by atoms with van der Waals surface area (Å²) in [6, 6.07) is 4.31. The van der Waals surface area contributed by atoms with E-state index in [0.717, 1.165) is 0 Å². The number of hydrogen-bond acceptors (Lipinski definition) is 7. The standard InChI is InChI=1S/C14H20N2O6/c1-3-22-12(18)7-11(17)13(19)9-5-4-8(21-2)6-10(9)14(20)16-15/h4-6,11,13,17,19H,3,7,15H2,1-2H3,(H,16,20). The summed E-state index contributed by atoms with van der Waals surface area (Å²) in [5.41, 5.74) is 2.11. The second kappa shape index (κ2) is 8.32. The lowest BCUT2D eigenvalue weighted by molar-refractivity contribution is -0.147. The Morgan fingerprint density at radius 3 is 2.59 bits per heavy atom. The molecule has 122 valence electrons. The molecule has 1 aromatic carbocycles. The Morgan fingerprint density at radius 2 is 2.05 bits per heavy atom. The minimum Gasteiger partial charge on any atom is -0.497 e. The van der Waals surface area contributed by atoms with Gasteiger partial charge in [0.15, 0.2) is 0 Å². The van der Waals surface area contributed by atoms with Gasteiger partial charge >= 0.3 is 5.97 Å². The van der Waals surface area contributed by atoms with Crippen molar-refractivity contribution < 1.29 is 29.3 Å². The highest BCUT2D eigenvalue weighted by atomic mass is 16.5. The maximum absolute atomic E-state index is 11.8. The lowest BCUT2D eigenvalue weighted by Gasteiger charge is -2.20. The van der Waals surface area contributed by atoms with Crippen molar-refractivity contribution >= 4 is 11.9 Å². The van der Waals surface area contributed by atoms with Gasteiger partial charge in [0.25, 0.3) is 5.91 Å². The number of aliphatic hydroxyl groups is 2. The van der Waals surface area contributed by atoms with Crippen LogP contribution in [0.5, 0.6) is 5.75 Å². The molecule has 0 fully saturated rings. The molecule has 1 aromatic rings. The predicted octanol–water partition coefficient (Wildman–Crippen LogP) is -0.354. The van der Waals surface area contributed by atoms with E-state index in [1.807, 2.05) is 5.43 Å². The van der Waals surface area contributed by atoms with Gasteiger partial charge in [0.2, 0.25) is 0 Å². The molecule has 2 unspecified atom stereocenters. The monoisotopic (exact) mass is 312 g/mol. The molecule has 0 aliphatic carbocycles. The number of benzene rings is 1. The van der Waals surface area contributed by atoms with E-state index in [1.54, 1.807) is 6.92 Å². The summed E-state index contributed by atoms with van der Waals surface area (Å²) < 4.78 is 9.71. The molecule has 0 aliphatic rings. The van der Waals surface area contributed by atoms with Gasteiger partial charge in [0, 0.05) is 0 Å². The van der Waals surface area contributed by atoms with Crippen molar-refractivity contribution in [3.05, 3.63) is 29.3 Å². The third-order valence-corrected chi connectivity index (χ3v) is 3.00. The first-order valence-electron chi connectivity index (χ1n) is 6.65. The number of esters is 1. The molecule has 8 heteroatoms. The summed E-state index contributed by atoms with van der Waals surface area (Å²) in [5.74, 6) is 4.18. The second-order valence-electron chi connectivity index (χ2n) is 4.45. The van der Waals surface area contributed by atoms with Crippen molar-refractivity contribution in [3.63, 3.8) is 0 Å². The number of nitrogen functional groups attached to an aromatic ring is 1. The number of ether oxygens (including phenoxy) is 2. The fourth-order valence-corrected chi connectivity index (χ4v) is 1.90. The van der Waals surface area contributed by atoms with Gasteiger partial charge in [0.1, 0.15) is 11.9 Å². The van der Waals surface area contributed by atoms with Crippen molar-refractivity contribution in [2.45, 2.75) is 25.6 Å². The number of amides is 1. The number of nitrogens with two attached hydrogens (primary N) is 1. The molecule has 0 aromatic heterocycles. The maximum atomic E-state index is 11.8. The lowest BCUT2D eigenvalue weighted by Crippen LogP contribution is -2.32. The number of carbonyl (C=O) groups is 2. The van der Waals surface area contributed by atoms with E-state index >= 15 is 0 Å². The molecule has 1 amide bonds. The average Bonchev–Trinajstić information content (AvgIpc) is 2.52. The second-order valence-corrected chi connectivity index (χ2v) is 4.45. The van der Waals surface area contributed by atoms with Crippen LogP contribution < -0.4 is 16.0 Å². The number of methoxy groups -OCH3 is 1. The fraction of sp³-hybridized carbons (Fsp3) is 0.429. The largest absolute Gasteiger partial charge is 0.497 e. The highest BCUT2D eigenvalue weighted by Crippen LogP contribution is 2.26. The normalized spacial score (nSPS) is 13.1. The Bertz CT molecular complexity index is 534. The van der Waals surface area contributed by atoms with Crippen molar-refractivity contribution in [1.82, 2.24) is 5.43 Å². The molecule has 0 aliphatic heterocycles. The van der Waals surface area contributed by atoms with Crippen molar-refractivity contribution in [1.29, 1.82) is 0 Å². The van der Waals surface area contributed by atoms with Crippen LogP contribution in [0.2, 0.25) is 0 Å². The zero-order valence-electron chi connectivity index (χ0n) is 12.4. The molecular formula is C14H20N2O6. The average molecular weight is 312 g/mol. The topological polar surface area (TPSA) is 131 Å². The van der Waals surface area contributed by atoms with E-state index < -0.39 is 30.5 Å². The van der Waals surface area contributed by atoms with Gasteiger partial charge in [-0.3, -0.25) is 15.0 Å². The van der Waals surface area contributed by atoms with E-state index in [9.17, 15) is 19.8 Å². The smallest absolute Gasteiger partial charge is 0.308 e. The molecule has 0 spiro atoms. The number of rotatable bonds is 7. The molecule has 8 nitrogen and oxygen atoms in total. The SMILES string of the molecule is CCOC(=O)CC(O)C(O)c1ccc(OC)cc1C(=O)NN. The van der Waals surface area contributed by atoms with Crippen LogP contribution in [0.3, 0.4) is 0 Å². The Balaban J connectivity index is 3.03. The third-order valence-electron chi connectivity index (χ3n) is 3.00. The molecule has 0 radical (unpaired) electrons. The molecule has 2 atom stereocenters. The molecular weight excluding hydrogens is 292 g/mol. The summed E-state index contributed by atoms with van der Waals surface area (Å²) in [6.45, 7) is 1.80. The maximum Gasteiger partial charge on any atom is 0.308 e. The van der Waals surface area contributed by atoms with E-state index in [-0.39, 0.29) is 17.7 Å². The molecule has 0 bridgehead atoms. The summed E-state index contributed by atoms with van der Waals surface area (Å²) in [7, 11) is 1.42. The third kappa shape index (κ3) is 4.42. The molecule has 1 rings (SSSR count). The van der Waals surface area contributed by atoms with Crippen molar-refractivity contribution in [2.24, 2.45) is 5.84 Å². The van der Waals surface area contributed by atoms with Gasteiger partial charge in [-0.2, -0.15) is 0 Å². The number of hydrazine groups is 1. The van der Waals surface area contributed by atoms with Crippen molar-refractivity contribution in [2.75, 3.05) is 13.7 Å². The van der Waals surface area contributed by atoms with Crippen LogP contribution in [0, 0.1) is 0 Å². The first-order chi connectivity index (χ1) is 10.4. The van der Waals surface area contributed by atoms with Gasteiger partial charge < -0.3 is 19.7 Å². The van der Waals surface area contributed by atoms with Crippen LogP contribution in [0.15, 0.2) is 18.2 Å². The van der Waals surface area contributed by atoms with Crippen LogP contribution in [0.4, 0.5) is 0 Å². The Morgan fingerprint density at radius 1 is 1.36 bits per heavy atom. The summed E-state index contributed by atoms with van der Waals surface area (Å²) in [5, 5.41) is 20.1. The molecule has 5 N–H and O–H groups in total. The molecule has 0 heterocycles. The van der Waals surface area contributed by atoms with E-state index in [2.05, 4.69) is 0 Å². The Kier molecular flexibility index (Phi) is 6.77. The number of nitrogens with one attached hydrogen (secondary N) is 1. The number of carbonyl (C=O) groups excluding carboxylic acids is 2. The van der Waals surface area contributed by atoms with E-state index in [1.165, 1.54) is 25.3 Å². The summed E-state index contributed by atoms with van der Waals surface area (Å²) >= 11 is 0. The lowest BCUT2D eigenvalue weighted by atomic mass is 9.96. The minimum atomic E-state index is -1.46. The van der Waals surface area contributed by atoms with Gasteiger partial charge in [0.05, 0.1) is 31.8 Å². The highest BCUT2D eigenvalue weighted by molar-refractivity contribution is 5.95. The van der Waals surface area contributed by atoms with Crippen LogP contribution in [-0.4, -0.2) is 41.9 Å². The summed E-state index contributed by atoms with van der Waals surface area (Å²) in [4.78, 5) is 23.1. The zero-order chi connectivity index (χ0) is 16.7. The van der Waals surface area contributed by atoms with Gasteiger partial charge in [-0.1, -0.05) is 6.07 Å². The zero-order valence-corrected chi connectivity index (χ0v) is 12.4. The Labute approximate surface area is 127 Å². The van der Waals surface area contributed by atoms with E-state index in [0.29, 0.717) is 5.75 Å². The minimum absolute atomic E-state index is 0.0391. The fourth-order valence-electron chi connectivity index (χ4n) is 1.90. The predicted molar refractivity (Wildman–Crippen MR) is 76.9 cm³/mol. The number of hydrogen-bond donors (Lipinski definition) is 4. The number of aliphatic hydroxyl groups excluding tert-OH is 2.